The van der Waals surface area contributed by atoms with E-state index in [0.29, 0.717) is 11.5 Å². The monoisotopic (exact) mass is 253 g/mol. The summed E-state index contributed by atoms with van der Waals surface area (Å²) < 4.78 is 14.8. The van der Waals surface area contributed by atoms with Crippen molar-refractivity contribution < 1.29 is 4.39 Å². The number of hydrogen-bond donors (Lipinski definition) is 1. The lowest BCUT2D eigenvalue weighted by molar-refractivity contribution is 0.625. The first-order valence-electron chi connectivity index (χ1n) is 5.91. The number of anilines is 1. The number of hydrogen-bond acceptors (Lipinski definition) is 2. The molecule has 3 rings (SSSR count). The Bertz CT molecular complexity index is 704. The maximum atomic E-state index is 13.2. The highest BCUT2D eigenvalue weighted by atomic mass is 19.1. The number of nitrogens with two attached hydrogens (primary N) is 1. The first kappa shape index (κ1) is 11.5. The van der Waals surface area contributed by atoms with E-state index in [1.54, 1.807) is 18.2 Å². The lowest BCUT2D eigenvalue weighted by Crippen LogP contribution is -2.01. The molecule has 0 aliphatic carbocycles. The largest absolute Gasteiger partial charge is 0.384 e. The van der Waals surface area contributed by atoms with Crippen molar-refractivity contribution in [1.29, 1.82) is 0 Å². The van der Waals surface area contributed by atoms with Crippen LogP contribution in [-0.4, -0.2) is 9.78 Å². The van der Waals surface area contributed by atoms with Crippen LogP contribution in [0.3, 0.4) is 0 Å². The van der Waals surface area contributed by atoms with Crippen LogP contribution in [0.25, 0.3) is 16.9 Å². The highest BCUT2D eigenvalue weighted by Crippen LogP contribution is 2.22. The molecule has 19 heavy (non-hydrogen) atoms. The minimum atomic E-state index is -0.311. The molecule has 0 saturated carbocycles. The van der Waals surface area contributed by atoms with E-state index in [9.17, 15) is 4.39 Å². The van der Waals surface area contributed by atoms with E-state index in [1.165, 1.54) is 16.8 Å². The summed E-state index contributed by atoms with van der Waals surface area (Å²) in [7, 11) is 0. The van der Waals surface area contributed by atoms with Crippen molar-refractivity contribution in [3.8, 4) is 16.9 Å². The Labute approximate surface area is 110 Å². The molecule has 0 atom stereocenters. The van der Waals surface area contributed by atoms with Crippen LogP contribution >= 0.6 is 0 Å². The zero-order valence-electron chi connectivity index (χ0n) is 10.1. The van der Waals surface area contributed by atoms with Crippen LogP contribution in [-0.2, 0) is 0 Å². The fourth-order valence-electron chi connectivity index (χ4n) is 1.96. The van der Waals surface area contributed by atoms with Crippen LogP contribution in [0.5, 0.6) is 0 Å². The third-order valence-corrected chi connectivity index (χ3v) is 2.86. The fourth-order valence-corrected chi connectivity index (χ4v) is 1.96. The van der Waals surface area contributed by atoms with Crippen molar-refractivity contribution in [2.45, 2.75) is 0 Å². The van der Waals surface area contributed by atoms with Gasteiger partial charge in [-0.15, -0.1) is 0 Å². The summed E-state index contributed by atoms with van der Waals surface area (Å²) in [6.45, 7) is 0. The fraction of sp³-hybridized carbons (Fsp3) is 0. The van der Waals surface area contributed by atoms with Crippen molar-refractivity contribution in [3.63, 3.8) is 0 Å². The second-order valence-electron chi connectivity index (χ2n) is 4.21. The maximum absolute atomic E-state index is 13.2. The Morgan fingerprint density at radius 3 is 2.47 bits per heavy atom. The van der Waals surface area contributed by atoms with Gasteiger partial charge in [-0.2, -0.15) is 5.10 Å². The van der Waals surface area contributed by atoms with Gasteiger partial charge in [-0.3, -0.25) is 0 Å². The van der Waals surface area contributed by atoms with Crippen LogP contribution in [0.15, 0.2) is 60.7 Å². The molecular formula is C15H12FN3. The third kappa shape index (κ3) is 2.20. The average Bonchev–Trinajstić information content (AvgIpc) is 2.82. The topological polar surface area (TPSA) is 43.8 Å². The van der Waals surface area contributed by atoms with Gasteiger partial charge < -0.3 is 5.73 Å². The van der Waals surface area contributed by atoms with Gasteiger partial charge in [0.15, 0.2) is 0 Å². The Morgan fingerprint density at radius 2 is 1.74 bits per heavy atom. The van der Waals surface area contributed by atoms with E-state index < -0.39 is 0 Å². The second-order valence-corrected chi connectivity index (χ2v) is 4.21. The first-order chi connectivity index (χ1) is 9.24. The number of rotatable bonds is 2. The summed E-state index contributed by atoms with van der Waals surface area (Å²) in [5.74, 6) is 0.165. The van der Waals surface area contributed by atoms with Crippen LogP contribution in [0, 0.1) is 5.82 Å². The molecule has 1 aromatic heterocycles. The van der Waals surface area contributed by atoms with E-state index in [1.807, 2.05) is 30.3 Å². The van der Waals surface area contributed by atoms with E-state index >= 15 is 0 Å². The summed E-state index contributed by atoms with van der Waals surface area (Å²) in [5, 5.41) is 4.42. The molecule has 0 saturated heterocycles. The van der Waals surface area contributed by atoms with Crippen molar-refractivity contribution >= 4 is 5.82 Å². The normalized spacial score (nSPS) is 10.6. The van der Waals surface area contributed by atoms with Gasteiger partial charge in [0.05, 0.1) is 11.4 Å². The van der Waals surface area contributed by atoms with Gasteiger partial charge in [0.1, 0.15) is 11.6 Å². The van der Waals surface area contributed by atoms with Crippen LogP contribution < -0.4 is 5.73 Å². The Balaban J connectivity index is 2.08. The molecule has 0 bridgehead atoms. The van der Waals surface area contributed by atoms with Crippen LogP contribution in [0.1, 0.15) is 0 Å². The molecule has 94 valence electrons. The number of nitrogens with zero attached hydrogens (tertiary/aromatic N) is 2. The number of aromatic nitrogens is 2. The molecule has 0 unspecified atom stereocenters. The number of nitrogen functional groups attached to an aromatic ring is 1. The molecule has 0 aliphatic heterocycles. The second kappa shape index (κ2) is 4.57. The van der Waals surface area contributed by atoms with Gasteiger partial charge in [0, 0.05) is 11.6 Å². The predicted molar refractivity (Wildman–Crippen MR) is 73.4 cm³/mol. The van der Waals surface area contributed by atoms with Crippen LogP contribution in [0.2, 0.25) is 0 Å². The summed E-state index contributed by atoms with van der Waals surface area (Å²) in [5.41, 5.74) is 8.29. The summed E-state index contributed by atoms with van der Waals surface area (Å²) in [6.07, 6.45) is 0. The van der Waals surface area contributed by atoms with Crippen molar-refractivity contribution in [1.82, 2.24) is 9.78 Å². The summed E-state index contributed by atoms with van der Waals surface area (Å²) in [4.78, 5) is 0. The van der Waals surface area contributed by atoms with E-state index in [0.717, 1.165) is 11.3 Å². The van der Waals surface area contributed by atoms with E-state index in [4.69, 9.17) is 5.73 Å². The highest BCUT2D eigenvalue weighted by molar-refractivity contribution is 5.63. The third-order valence-electron chi connectivity index (χ3n) is 2.86. The van der Waals surface area contributed by atoms with E-state index in [-0.39, 0.29) is 5.82 Å². The molecule has 3 nitrogen and oxygen atoms in total. The molecule has 0 radical (unpaired) electrons. The zero-order valence-corrected chi connectivity index (χ0v) is 10.1. The predicted octanol–water partition coefficient (Wildman–Crippen LogP) is 3.26. The highest BCUT2D eigenvalue weighted by Gasteiger charge is 2.08. The Kier molecular flexibility index (Phi) is 2.76. The van der Waals surface area contributed by atoms with Gasteiger partial charge in [0.25, 0.3) is 0 Å². The van der Waals surface area contributed by atoms with Gasteiger partial charge in [-0.25, -0.2) is 9.07 Å². The van der Waals surface area contributed by atoms with Crippen molar-refractivity contribution in [3.05, 3.63) is 66.5 Å². The number of benzene rings is 2. The minimum Gasteiger partial charge on any atom is -0.384 e. The van der Waals surface area contributed by atoms with E-state index in [2.05, 4.69) is 5.10 Å². The standard InChI is InChI=1S/C15H12FN3/c16-12-7-4-8-13(9-12)19-15(17)10-14(18-19)11-5-2-1-3-6-11/h1-10H,17H2. The maximum Gasteiger partial charge on any atom is 0.127 e. The molecule has 3 aromatic rings. The minimum absolute atomic E-state index is 0.311. The first-order valence-corrected chi connectivity index (χ1v) is 5.91. The SMILES string of the molecule is Nc1cc(-c2ccccc2)nn1-c1cccc(F)c1. The zero-order chi connectivity index (χ0) is 13.2. The van der Waals surface area contributed by atoms with Gasteiger partial charge in [-0.05, 0) is 18.2 Å². The van der Waals surface area contributed by atoms with Gasteiger partial charge in [0.2, 0.25) is 0 Å². The van der Waals surface area contributed by atoms with Crippen molar-refractivity contribution in [2.24, 2.45) is 0 Å². The molecule has 1 heterocycles. The average molecular weight is 253 g/mol. The molecule has 2 aromatic carbocycles. The Hall–Kier alpha value is -2.62. The molecule has 0 amide bonds. The Morgan fingerprint density at radius 1 is 0.947 bits per heavy atom. The summed E-state index contributed by atoms with van der Waals surface area (Å²) >= 11 is 0. The molecule has 2 N–H and O–H groups in total. The van der Waals surface area contributed by atoms with Gasteiger partial charge in [-0.1, -0.05) is 36.4 Å². The summed E-state index contributed by atoms with van der Waals surface area (Å²) in [6, 6.07) is 17.7. The molecular weight excluding hydrogens is 241 g/mol. The molecule has 0 spiro atoms. The molecule has 0 fully saturated rings. The van der Waals surface area contributed by atoms with Gasteiger partial charge >= 0.3 is 0 Å². The number of halogens is 1. The quantitative estimate of drug-likeness (QED) is 0.761. The smallest absolute Gasteiger partial charge is 0.127 e. The van der Waals surface area contributed by atoms with Crippen molar-refractivity contribution in [2.75, 3.05) is 5.73 Å². The molecule has 4 heteroatoms. The van der Waals surface area contributed by atoms with Crippen LogP contribution in [0.4, 0.5) is 10.2 Å². The lowest BCUT2D eigenvalue weighted by atomic mass is 10.2. The molecule has 0 aliphatic rings. The lowest BCUT2D eigenvalue weighted by Gasteiger charge is -2.03.